The zero-order valence-electron chi connectivity index (χ0n) is 12.0. The monoisotopic (exact) mass is 250 g/mol. The lowest BCUT2D eigenvalue weighted by Crippen LogP contribution is -2.50. The Kier molecular flexibility index (Phi) is 4.25. The van der Waals surface area contributed by atoms with Gasteiger partial charge in [-0.2, -0.15) is 0 Å². The molecule has 3 fully saturated rings. The molecule has 0 radical (unpaired) electrons. The molecule has 1 aliphatic heterocycles. The summed E-state index contributed by atoms with van der Waals surface area (Å²) in [6.07, 6.45) is 13.3. The van der Waals surface area contributed by atoms with Crippen molar-refractivity contribution >= 4 is 0 Å². The van der Waals surface area contributed by atoms with Crippen LogP contribution in [0.4, 0.5) is 0 Å². The average molecular weight is 250 g/mol. The highest BCUT2D eigenvalue weighted by molar-refractivity contribution is 4.91. The Balaban J connectivity index is 1.60. The van der Waals surface area contributed by atoms with Crippen molar-refractivity contribution in [2.45, 2.75) is 69.9 Å². The molecular formula is C16H30N2. The van der Waals surface area contributed by atoms with Crippen molar-refractivity contribution < 1.29 is 0 Å². The Morgan fingerprint density at radius 2 is 1.78 bits per heavy atom. The number of piperidine rings is 1. The Morgan fingerprint density at radius 1 is 0.944 bits per heavy atom. The summed E-state index contributed by atoms with van der Waals surface area (Å²) in [5.74, 6) is 1.97. The van der Waals surface area contributed by atoms with Crippen molar-refractivity contribution in [1.29, 1.82) is 0 Å². The fraction of sp³-hybridized carbons (Fsp3) is 1.00. The van der Waals surface area contributed by atoms with Crippen LogP contribution in [0.15, 0.2) is 0 Å². The van der Waals surface area contributed by atoms with Gasteiger partial charge in [0.15, 0.2) is 0 Å². The van der Waals surface area contributed by atoms with Crippen LogP contribution in [0.1, 0.15) is 57.8 Å². The van der Waals surface area contributed by atoms with Crippen LogP contribution in [-0.4, -0.2) is 37.1 Å². The highest BCUT2D eigenvalue weighted by Gasteiger charge is 2.36. The second-order valence-electron chi connectivity index (χ2n) is 6.84. The molecule has 3 rings (SSSR count). The molecule has 2 aliphatic carbocycles. The van der Waals surface area contributed by atoms with Crippen LogP contribution >= 0.6 is 0 Å². The van der Waals surface area contributed by atoms with Gasteiger partial charge in [-0.05, 0) is 64.0 Å². The summed E-state index contributed by atoms with van der Waals surface area (Å²) in [5, 5.41) is 3.55. The molecule has 2 saturated carbocycles. The lowest BCUT2D eigenvalue weighted by molar-refractivity contribution is 0.0457. The molecule has 0 aromatic carbocycles. The summed E-state index contributed by atoms with van der Waals surface area (Å²) in [6.45, 7) is 2.76. The van der Waals surface area contributed by atoms with E-state index in [9.17, 15) is 0 Å². The highest BCUT2D eigenvalue weighted by atomic mass is 15.2. The molecule has 1 N–H and O–H groups in total. The molecule has 18 heavy (non-hydrogen) atoms. The quantitative estimate of drug-likeness (QED) is 0.828. The lowest BCUT2D eigenvalue weighted by atomic mass is 9.78. The van der Waals surface area contributed by atoms with Gasteiger partial charge in [0.05, 0.1) is 0 Å². The molecule has 2 nitrogen and oxygen atoms in total. The van der Waals surface area contributed by atoms with E-state index in [1.165, 1.54) is 70.9 Å². The van der Waals surface area contributed by atoms with Crippen LogP contribution in [0.5, 0.6) is 0 Å². The lowest BCUT2D eigenvalue weighted by Gasteiger charge is -2.45. The van der Waals surface area contributed by atoms with Crippen molar-refractivity contribution in [3.8, 4) is 0 Å². The maximum absolute atomic E-state index is 3.55. The predicted octanol–water partition coefficient (Wildman–Crippen LogP) is 3.03. The molecule has 3 aliphatic rings. The number of fused-ring (bicyclic) bond motifs is 1. The van der Waals surface area contributed by atoms with Crippen molar-refractivity contribution in [2.75, 3.05) is 20.1 Å². The molecule has 0 aromatic heterocycles. The Labute approximate surface area is 113 Å². The van der Waals surface area contributed by atoms with Gasteiger partial charge >= 0.3 is 0 Å². The highest BCUT2D eigenvalue weighted by Crippen LogP contribution is 2.37. The van der Waals surface area contributed by atoms with Gasteiger partial charge in [0, 0.05) is 18.6 Å². The smallest absolute Gasteiger partial charge is 0.0124 e. The van der Waals surface area contributed by atoms with Gasteiger partial charge in [-0.15, -0.1) is 0 Å². The molecule has 0 spiro atoms. The molecule has 104 valence electrons. The third-order valence-electron chi connectivity index (χ3n) is 5.86. The maximum atomic E-state index is 3.55. The molecular weight excluding hydrogens is 220 g/mol. The normalized spacial score (nSPS) is 41.8. The van der Waals surface area contributed by atoms with Gasteiger partial charge in [0.1, 0.15) is 0 Å². The van der Waals surface area contributed by atoms with Crippen LogP contribution < -0.4 is 5.32 Å². The van der Waals surface area contributed by atoms with Gasteiger partial charge in [-0.25, -0.2) is 0 Å². The number of hydrogen-bond acceptors (Lipinski definition) is 2. The summed E-state index contributed by atoms with van der Waals surface area (Å²) in [6, 6.07) is 1.75. The van der Waals surface area contributed by atoms with Crippen molar-refractivity contribution in [2.24, 2.45) is 11.8 Å². The first-order chi connectivity index (χ1) is 8.88. The number of hydrogen-bond donors (Lipinski definition) is 1. The fourth-order valence-electron chi connectivity index (χ4n) is 4.89. The summed E-state index contributed by atoms with van der Waals surface area (Å²) < 4.78 is 0. The molecule has 4 unspecified atom stereocenters. The first-order valence-electron chi connectivity index (χ1n) is 8.30. The van der Waals surface area contributed by atoms with Gasteiger partial charge < -0.3 is 5.32 Å². The second kappa shape index (κ2) is 5.92. The standard InChI is InChI=1S/C16H30N2/c1-17-15-9-4-7-14(15)12-18-11-5-8-13-6-2-3-10-16(13)18/h13-17H,2-12H2,1H3. The number of rotatable bonds is 3. The fourth-order valence-corrected chi connectivity index (χ4v) is 4.89. The molecule has 4 atom stereocenters. The zero-order valence-corrected chi connectivity index (χ0v) is 12.0. The topological polar surface area (TPSA) is 15.3 Å². The number of nitrogens with one attached hydrogen (secondary N) is 1. The predicted molar refractivity (Wildman–Crippen MR) is 76.7 cm³/mol. The zero-order chi connectivity index (χ0) is 12.4. The average Bonchev–Trinajstić information content (AvgIpc) is 2.86. The van der Waals surface area contributed by atoms with E-state index in [1.807, 2.05) is 0 Å². The van der Waals surface area contributed by atoms with E-state index in [2.05, 4.69) is 17.3 Å². The molecule has 0 amide bonds. The molecule has 0 aromatic rings. The largest absolute Gasteiger partial charge is 0.317 e. The van der Waals surface area contributed by atoms with Gasteiger partial charge in [0.25, 0.3) is 0 Å². The van der Waals surface area contributed by atoms with Crippen molar-refractivity contribution in [1.82, 2.24) is 10.2 Å². The summed E-state index contributed by atoms with van der Waals surface area (Å²) in [7, 11) is 2.16. The SMILES string of the molecule is CNC1CCCC1CN1CCCC2CCCCC21. The van der Waals surface area contributed by atoms with Crippen LogP contribution in [0.25, 0.3) is 0 Å². The van der Waals surface area contributed by atoms with Crippen LogP contribution in [-0.2, 0) is 0 Å². The Morgan fingerprint density at radius 3 is 2.67 bits per heavy atom. The molecule has 1 heterocycles. The minimum atomic E-state index is 0.800. The molecule has 0 bridgehead atoms. The van der Waals surface area contributed by atoms with Crippen LogP contribution in [0, 0.1) is 11.8 Å². The molecule has 2 heteroatoms. The minimum absolute atomic E-state index is 0.800. The minimum Gasteiger partial charge on any atom is -0.317 e. The van der Waals surface area contributed by atoms with E-state index in [0.29, 0.717) is 0 Å². The van der Waals surface area contributed by atoms with E-state index in [0.717, 1.165) is 23.9 Å². The van der Waals surface area contributed by atoms with E-state index in [4.69, 9.17) is 0 Å². The molecule has 1 saturated heterocycles. The summed E-state index contributed by atoms with van der Waals surface area (Å²) in [4.78, 5) is 2.88. The summed E-state index contributed by atoms with van der Waals surface area (Å²) >= 11 is 0. The first kappa shape index (κ1) is 12.9. The Bertz CT molecular complexity index is 264. The van der Waals surface area contributed by atoms with E-state index in [-0.39, 0.29) is 0 Å². The number of nitrogens with zero attached hydrogens (tertiary/aromatic N) is 1. The van der Waals surface area contributed by atoms with Gasteiger partial charge in [-0.1, -0.05) is 19.3 Å². The van der Waals surface area contributed by atoms with Gasteiger partial charge in [-0.3, -0.25) is 4.90 Å². The van der Waals surface area contributed by atoms with E-state index in [1.54, 1.807) is 0 Å². The van der Waals surface area contributed by atoms with Crippen LogP contribution in [0.2, 0.25) is 0 Å². The van der Waals surface area contributed by atoms with Crippen molar-refractivity contribution in [3.05, 3.63) is 0 Å². The van der Waals surface area contributed by atoms with E-state index < -0.39 is 0 Å². The first-order valence-corrected chi connectivity index (χ1v) is 8.30. The summed E-state index contributed by atoms with van der Waals surface area (Å²) in [5.41, 5.74) is 0. The number of likely N-dealkylation sites (tertiary alicyclic amines) is 1. The van der Waals surface area contributed by atoms with Crippen LogP contribution in [0.3, 0.4) is 0 Å². The van der Waals surface area contributed by atoms with Crippen molar-refractivity contribution in [3.63, 3.8) is 0 Å². The third kappa shape index (κ3) is 2.60. The van der Waals surface area contributed by atoms with Gasteiger partial charge in [0.2, 0.25) is 0 Å². The third-order valence-corrected chi connectivity index (χ3v) is 5.86. The van der Waals surface area contributed by atoms with E-state index >= 15 is 0 Å². The Hall–Kier alpha value is -0.0800. The maximum Gasteiger partial charge on any atom is 0.0124 e. The second-order valence-corrected chi connectivity index (χ2v) is 6.84.